The zero-order chi connectivity index (χ0) is 25.6. The smallest absolute Gasteiger partial charge is 0.263 e. The first-order chi connectivity index (χ1) is 17.3. The van der Waals surface area contributed by atoms with Gasteiger partial charge in [0.15, 0.2) is 23.2 Å². The van der Waals surface area contributed by atoms with E-state index >= 15 is 0 Å². The topological polar surface area (TPSA) is 96.2 Å². The number of nitrogens with zero attached hydrogens (tertiary/aromatic N) is 5. The third kappa shape index (κ3) is 3.62. The molecule has 1 saturated heterocycles. The van der Waals surface area contributed by atoms with Crippen LogP contribution in [0.4, 0.5) is 29.1 Å². The molecule has 4 heterocycles. The highest BCUT2D eigenvalue weighted by Gasteiger charge is 2.56. The molecule has 5 rings (SSSR count). The molecular weight excluding hydrogens is 480 g/mol. The summed E-state index contributed by atoms with van der Waals surface area (Å²) in [6.45, 7) is 1.27. The number of benzene rings is 1. The third-order valence-electron chi connectivity index (χ3n) is 6.62. The number of alkyl halides is 2. The van der Waals surface area contributed by atoms with Gasteiger partial charge in [-0.1, -0.05) is 6.07 Å². The van der Waals surface area contributed by atoms with Crippen LogP contribution < -0.4 is 19.7 Å². The highest BCUT2D eigenvalue weighted by Crippen LogP contribution is 2.46. The molecule has 0 unspecified atom stereocenters. The first kappa shape index (κ1) is 23.6. The number of rotatable bonds is 5. The molecule has 0 radical (unpaired) electrons. The van der Waals surface area contributed by atoms with Gasteiger partial charge in [-0.05, 0) is 25.1 Å². The monoisotopic (exact) mass is 500 g/mol. The molecule has 3 aromatic rings. The molecule has 36 heavy (non-hydrogen) atoms. The summed E-state index contributed by atoms with van der Waals surface area (Å²) in [7, 11) is 1.32. The number of halogens is 4. The van der Waals surface area contributed by atoms with Gasteiger partial charge in [0.1, 0.15) is 17.7 Å². The lowest BCUT2D eigenvalue weighted by molar-refractivity contribution is 0.0525. The number of para-hydroxylation sites is 1. The highest BCUT2D eigenvalue weighted by atomic mass is 19.3. The summed E-state index contributed by atoms with van der Waals surface area (Å²) in [5, 5.41) is 20.2. The van der Waals surface area contributed by atoms with Gasteiger partial charge >= 0.3 is 0 Å². The van der Waals surface area contributed by atoms with Crippen molar-refractivity contribution in [3.05, 3.63) is 53.2 Å². The van der Waals surface area contributed by atoms with Crippen molar-refractivity contribution in [2.24, 2.45) is 0 Å². The van der Waals surface area contributed by atoms with Gasteiger partial charge in [0.25, 0.3) is 12.3 Å². The van der Waals surface area contributed by atoms with Gasteiger partial charge in [0, 0.05) is 30.3 Å². The minimum absolute atomic E-state index is 0.00932. The summed E-state index contributed by atoms with van der Waals surface area (Å²) in [6, 6.07) is 7.69. The van der Waals surface area contributed by atoms with E-state index in [1.165, 1.54) is 43.3 Å². The molecule has 2 atom stereocenters. The second-order valence-corrected chi connectivity index (χ2v) is 8.62. The Morgan fingerprint density at radius 3 is 2.81 bits per heavy atom. The lowest BCUT2D eigenvalue weighted by Gasteiger charge is -2.43. The quantitative estimate of drug-likeness (QED) is 0.524. The SMILES string of the molecule is COc1c(F)cccc1-c1cc2c(nn1)NC[C@]1(C(F)F)C[C@@H](Oc3ncc(C#N)c(C)c3F)CN21. The van der Waals surface area contributed by atoms with Crippen LogP contribution in [-0.2, 0) is 0 Å². The van der Waals surface area contributed by atoms with Crippen molar-refractivity contribution in [2.45, 2.75) is 31.4 Å². The predicted molar refractivity (Wildman–Crippen MR) is 121 cm³/mol. The van der Waals surface area contributed by atoms with Crippen LogP contribution in [0.3, 0.4) is 0 Å². The maximum Gasteiger partial charge on any atom is 0.263 e. The molecule has 0 saturated carbocycles. The number of nitrogens with one attached hydrogen (secondary N) is 1. The Bertz CT molecular complexity index is 1380. The Labute approximate surface area is 203 Å². The highest BCUT2D eigenvalue weighted by molar-refractivity contribution is 5.78. The van der Waals surface area contributed by atoms with Crippen LogP contribution in [0.1, 0.15) is 17.5 Å². The summed E-state index contributed by atoms with van der Waals surface area (Å²) < 4.78 is 69.0. The third-order valence-corrected chi connectivity index (χ3v) is 6.62. The normalized spacial score (nSPS) is 20.4. The molecule has 186 valence electrons. The first-order valence-corrected chi connectivity index (χ1v) is 11.0. The number of ether oxygens (including phenoxy) is 2. The molecule has 1 aromatic carbocycles. The van der Waals surface area contributed by atoms with Crippen molar-refractivity contribution in [1.82, 2.24) is 15.2 Å². The summed E-state index contributed by atoms with van der Waals surface area (Å²) in [4.78, 5) is 5.35. The number of methoxy groups -OCH3 is 1. The molecule has 12 heteroatoms. The molecule has 0 aliphatic carbocycles. The first-order valence-electron chi connectivity index (χ1n) is 11.0. The fraction of sp³-hybridized carbons (Fsp3) is 0.333. The number of pyridine rings is 1. The fourth-order valence-corrected chi connectivity index (χ4v) is 4.73. The van der Waals surface area contributed by atoms with E-state index in [1.807, 2.05) is 6.07 Å². The van der Waals surface area contributed by atoms with Crippen LogP contribution in [0.5, 0.6) is 11.6 Å². The van der Waals surface area contributed by atoms with E-state index in [9.17, 15) is 17.6 Å². The van der Waals surface area contributed by atoms with Crippen molar-refractivity contribution in [3.8, 4) is 29.0 Å². The second kappa shape index (κ2) is 8.82. The zero-order valence-corrected chi connectivity index (χ0v) is 19.2. The summed E-state index contributed by atoms with van der Waals surface area (Å²) in [5.74, 6) is -1.53. The van der Waals surface area contributed by atoms with Crippen molar-refractivity contribution in [3.63, 3.8) is 0 Å². The van der Waals surface area contributed by atoms with Crippen LogP contribution in [0.2, 0.25) is 0 Å². The Morgan fingerprint density at radius 1 is 1.28 bits per heavy atom. The maximum atomic E-state index is 14.7. The minimum Gasteiger partial charge on any atom is -0.493 e. The lowest BCUT2D eigenvalue weighted by atomic mass is 9.93. The average molecular weight is 500 g/mol. The number of anilines is 2. The van der Waals surface area contributed by atoms with Crippen molar-refractivity contribution < 1.29 is 27.0 Å². The second-order valence-electron chi connectivity index (χ2n) is 8.62. The van der Waals surface area contributed by atoms with Gasteiger partial charge in [0.2, 0.25) is 0 Å². The van der Waals surface area contributed by atoms with E-state index in [-0.39, 0.29) is 53.8 Å². The Kier molecular flexibility index (Phi) is 5.78. The zero-order valence-electron chi connectivity index (χ0n) is 19.2. The van der Waals surface area contributed by atoms with Gasteiger partial charge in [-0.25, -0.2) is 22.5 Å². The van der Waals surface area contributed by atoms with Crippen LogP contribution in [0, 0.1) is 29.9 Å². The summed E-state index contributed by atoms with van der Waals surface area (Å²) in [5.41, 5.74) is -0.665. The van der Waals surface area contributed by atoms with Crippen LogP contribution in [0.15, 0.2) is 30.5 Å². The Morgan fingerprint density at radius 2 is 2.08 bits per heavy atom. The van der Waals surface area contributed by atoms with Crippen LogP contribution in [-0.4, -0.2) is 53.4 Å². The summed E-state index contributed by atoms with van der Waals surface area (Å²) >= 11 is 0. The molecule has 2 aromatic heterocycles. The number of aromatic nitrogens is 3. The molecular formula is C24H20F4N6O2. The maximum absolute atomic E-state index is 14.7. The van der Waals surface area contributed by atoms with Gasteiger partial charge in [-0.3, -0.25) is 0 Å². The molecule has 8 nitrogen and oxygen atoms in total. The molecule has 0 bridgehead atoms. The number of hydrogen-bond donors (Lipinski definition) is 1. The predicted octanol–water partition coefficient (Wildman–Crippen LogP) is 4.09. The molecule has 1 N–H and O–H groups in total. The average Bonchev–Trinajstić information content (AvgIpc) is 3.27. The van der Waals surface area contributed by atoms with E-state index in [0.717, 1.165) is 0 Å². The van der Waals surface area contributed by atoms with Gasteiger partial charge < -0.3 is 19.7 Å². The van der Waals surface area contributed by atoms with E-state index in [1.54, 1.807) is 6.07 Å². The van der Waals surface area contributed by atoms with E-state index in [4.69, 9.17) is 14.7 Å². The van der Waals surface area contributed by atoms with E-state index < -0.39 is 29.7 Å². The van der Waals surface area contributed by atoms with Gasteiger partial charge in [-0.2, -0.15) is 5.26 Å². The minimum atomic E-state index is -2.78. The number of fused-ring (bicyclic) bond motifs is 3. The van der Waals surface area contributed by atoms with Gasteiger partial charge in [-0.15, -0.1) is 10.2 Å². The van der Waals surface area contributed by atoms with Crippen molar-refractivity contribution in [2.75, 3.05) is 30.4 Å². The Hall–Kier alpha value is -4.14. The lowest BCUT2D eigenvalue weighted by Crippen LogP contribution is -2.57. The van der Waals surface area contributed by atoms with Crippen molar-refractivity contribution >= 4 is 11.5 Å². The summed E-state index contributed by atoms with van der Waals surface area (Å²) in [6.07, 6.45) is -2.56. The molecule has 0 spiro atoms. The number of hydrogen-bond acceptors (Lipinski definition) is 8. The van der Waals surface area contributed by atoms with E-state index in [2.05, 4.69) is 20.5 Å². The molecule has 2 aliphatic rings. The fourth-order valence-electron chi connectivity index (χ4n) is 4.73. The van der Waals surface area contributed by atoms with Gasteiger partial charge in [0.05, 0.1) is 30.6 Å². The van der Waals surface area contributed by atoms with Crippen LogP contribution in [0.25, 0.3) is 11.3 Å². The van der Waals surface area contributed by atoms with E-state index in [0.29, 0.717) is 11.3 Å². The number of nitriles is 1. The largest absolute Gasteiger partial charge is 0.493 e. The standard InChI is InChI=1S/C24H20F4N6O2/c1-12-13(8-29)9-30-22(19(12)26)36-14-7-24(23(27)28)11-31-21-18(34(24)10-14)6-17(32-33-21)15-4-3-5-16(25)20(15)35-2/h3-6,9,14,23H,7,10-11H2,1-2H3,(H,31,33)/t14-,24+/m1/s1. The molecule has 0 amide bonds. The molecule has 2 aliphatic heterocycles. The molecule has 1 fully saturated rings. The van der Waals surface area contributed by atoms with Crippen molar-refractivity contribution in [1.29, 1.82) is 5.26 Å². The van der Waals surface area contributed by atoms with Crippen LogP contribution >= 0.6 is 0 Å². The Balaban J connectivity index is 1.52.